The minimum absolute atomic E-state index is 0.0542. The van der Waals surface area contributed by atoms with Crippen molar-refractivity contribution in [3.8, 4) is 0 Å². The van der Waals surface area contributed by atoms with Crippen molar-refractivity contribution >= 4 is 17.3 Å². The molecule has 122 valence electrons. The molecule has 1 amide bonds. The van der Waals surface area contributed by atoms with Gasteiger partial charge in [0.1, 0.15) is 17.1 Å². The van der Waals surface area contributed by atoms with Crippen LogP contribution in [0, 0.1) is 5.82 Å². The summed E-state index contributed by atoms with van der Waals surface area (Å²) in [7, 11) is 0. The quantitative estimate of drug-likeness (QED) is 0.846. The maximum atomic E-state index is 13.3. The molecule has 24 heavy (non-hydrogen) atoms. The van der Waals surface area contributed by atoms with Gasteiger partial charge in [0.05, 0.1) is 17.4 Å². The highest BCUT2D eigenvalue weighted by Crippen LogP contribution is 2.22. The Bertz CT molecular complexity index is 828. The Morgan fingerprint density at radius 3 is 2.67 bits per heavy atom. The number of amides is 1. The number of para-hydroxylation sites is 1. The van der Waals surface area contributed by atoms with Crippen LogP contribution in [-0.2, 0) is 11.2 Å². The molecule has 1 unspecified atom stereocenters. The van der Waals surface area contributed by atoms with Crippen LogP contribution in [-0.4, -0.2) is 22.8 Å². The molecule has 1 aliphatic rings. The van der Waals surface area contributed by atoms with Crippen molar-refractivity contribution in [2.45, 2.75) is 19.4 Å². The highest BCUT2D eigenvalue weighted by molar-refractivity contribution is 6.23. The third-order valence-electron chi connectivity index (χ3n) is 3.86. The van der Waals surface area contributed by atoms with E-state index in [0.717, 1.165) is 0 Å². The molecule has 0 fully saturated rings. The summed E-state index contributed by atoms with van der Waals surface area (Å²) in [4.78, 5) is 16.6. The third kappa shape index (κ3) is 3.35. The highest BCUT2D eigenvalue weighted by atomic mass is 19.1. The molecule has 2 aromatic carbocycles. The van der Waals surface area contributed by atoms with Gasteiger partial charge in [0, 0.05) is 6.42 Å². The lowest BCUT2D eigenvalue weighted by Gasteiger charge is -2.11. The summed E-state index contributed by atoms with van der Waals surface area (Å²) in [5, 5.41) is 13.1. The maximum Gasteiger partial charge on any atom is 0.257 e. The number of nitrogens with one attached hydrogen (secondary N) is 1. The van der Waals surface area contributed by atoms with E-state index in [2.05, 4.69) is 10.3 Å². The zero-order valence-corrected chi connectivity index (χ0v) is 13.2. The molecule has 1 atom stereocenters. The van der Waals surface area contributed by atoms with Crippen LogP contribution in [0.3, 0.4) is 0 Å². The van der Waals surface area contributed by atoms with Gasteiger partial charge in [-0.15, -0.1) is 0 Å². The standard InChI is InChI=1S/C19H17FN2O2/c1-12(21-15-8-3-2-4-9-15)17-18(23)16(22-19(17)24)11-13-6-5-7-14(20)10-13/h2-10,16,23H,11H2,1H3,(H,22,24). The summed E-state index contributed by atoms with van der Waals surface area (Å²) in [5.41, 5.74) is 2.03. The van der Waals surface area contributed by atoms with Crippen LogP contribution in [0.4, 0.5) is 10.1 Å². The fraction of sp³-hybridized carbons (Fsp3) is 0.158. The van der Waals surface area contributed by atoms with Crippen LogP contribution in [0.5, 0.6) is 0 Å². The lowest BCUT2D eigenvalue weighted by molar-refractivity contribution is -0.116. The van der Waals surface area contributed by atoms with Gasteiger partial charge in [-0.25, -0.2) is 4.39 Å². The summed E-state index contributed by atoms with van der Waals surface area (Å²) in [6, 6.07) is 14.7. The van der Waals surface area contributed by atoms with E-state index in [1.807, 2.05) is 30.3 Å². The molecule has 0 aromatic heterocycles. The van der Waals surface area contributed by atoms with Crippen molar-refractivity contribution < 1.29 is 14.3 Å². The fourth-order valence-corrected chi connectivity index (χ4v) is 2.74. The fourth-order valence-electron chi connectivity index (χ4n) is 2.74. The zero-order chi connectivity index (χ0) is 17.1. The number of halogens is 1. The molecule has 0 radical (unpaired) electrons. The topological polar surface area (TPSA) is 61.7 Å². The Morgan fingerprint density at radius 1 is 1.21 bits per heavy atom. The number of carbonyl (C=O) groups is 1. The molecule has 0 saturated heterocycles. The molecule has 1 heterocycles. The van der Waals surface area contributed by atoms with Gasteiger partial charge in [-0.1, -0.05) is 30.3 Å². The molecule has 1 aliphatic heterocycles. The number of carbonyl (C=O) groups excluding carboxylic acids is 1. The number of hydrogen-bond donors (Lipinski definition) is 2. The Balaban J connectivity index is 1.86. The molecule has 0 aliphatic carbocycles. The van der Waals surface area contributed by atoms with Gasteiger partial charge >= 0.3 is 0 Å². The first-order valence-electron chi connectivity index (χ1n) is 7.64. The van der Waals surface area contributed by atoms with E-state index in [9.17, 15) is 14.3 Å². The van der Waals surface area contributed by atoms with Crippen molar-refractivity contribution in [2.75, 3.05) is 0 Å². The molecule has 5 heteroatoms. The second kappa shape index (κ2) is 6.66. The monoisotopic (exact) mass is 324 g/mol. The van der Waals surface area contributed by atoms with E-state index in [4.69, 9.17) is 0 Å². The Morgan fingerprint density at radius 2 is 1.96 bits per heavy atom. The summed E-state index contributed by atoms with van der Waals surface area (Å²) in [6.45, 7) is 1.68. The van der Waals surface area contributed by atoms with Gasteiger partial charge in [0.2, 0.25) is 0 Å². The van der Waals surface area contributed by atoms with Crippen molar-refractivity contribution in [3.63, 3.8) is 0 Å². The number of rotatable bonds is 4. The number of aliphatic hydroxyl groups excluding tert-OH is 1. The molecule has 4 nitrogen and oxygen atoms in total. The van der Waals surface area contributed by atoms with Crippen molar-refractivity contribution in [3.05, 3.63) is 77.3 Å². The van der Waals surface area contributed by atoms with Crippen LogP contribution < -0.4 is 5.32 Å². The molecular weight excluding hydrogens is 307 g/mol. The summed E-state index contributed by atoms with van der Waals surface area (Å²) < 4.78 is 13.3. The predicted molar refractivity (Wildman–Crippen MR) is 90.9 cm³/mol. The van der Waals surface area contributed by atoms with Gasteiger partial charge in [0.15, 0.2) is 0 Å². The maximum absolute atomic E-state index is 13.3. The first kappa shape index (κ1) is 15.9. The first-order valence-corrected chi connectivity index (χ1v) is 7.64. The van der Waals surface area contributed by atoms with Gasteiger partial charge in [-0.3, -0.25) is 9.79 Å². The second-order valence-corrected chi connectivity index (χ2v) is 5.65. The largest absolute Gasteiger partial charge is 0.509 e. The smallest absolute Gasteiger partial charge is 0.257 e. The van der Waals surface area contributed by atoms with Crippen LogP contribution in [0.25, 0.3) is 0 Å². The number of aliphatic hydroxyl groups is 1. The van der Waals surface area contributed by atoms with E-state index >= 15 is 0 Å². The number of aliphatic imine (C=N–C) groups is 1. The lowest BCUT2D eigenvalue weighted by atomic mass is 10.0. The van der Waals surface area contributed by atoms with Crippen LogP contribution in [0.15, 0.2) is 70.9 Å². The summed E-state index contributed by atoms with van der Waals surface area (Å²) >= 11 is 0. The minimum atomic E-state index is -0.574. The molecule has 0 spiro atoms. The molecule has 2 N–H and O–H groups in total. The van der Waals surface area contributed by atoms with Crippen LogP contribution in [0.2, 0.25) is 0 Å². The normalized spacial score (nSPS) is 18.0. The van der Waals surface area contributed by atoms with Gasteiger partial charge in [-0.05, 0) is 36.8 Å². The summed E-state index contributed by atoms with van der Waals surface area (Å²) in [6.07, 6.45) is 0.317. The van der Waals surface area contributed by atoms with Gasteiger partial charge < -0.3 is 10.4 Å². The first-order chi connectivity index (χ1) is 11.5. The van der Waals surface area contributed by atoms with Crippen molar-refractivity contribution in [1.82, 2.24) is 5.32 Å². The van der Waals surface area contributed by atoms with E-state index in [-0.39, 0.29) is 23.1 Å². The van der Waals surface area contributed by atoms with E-state index in [1.54, 1.807) is 19.1 Å². The number of benzene rings is 2. The van der Waals surface area contributed by atoms with Crippen molar-refractivity contribution in [2.24, 2.45) is 4.99 Å². The van der Waals surface area contributed by atoms with E-state index < -0.39 is 6.04 Å². The van der Waals surface area contributed by atoms with Crippen molar-refractivity contribution in [1.29, 1.82) is 0 Å². The third-order valence-corrected chi connectivity index (χ3v) is 3.86. The average molecular weight is 324 g/mol. The Hall–Kier alpha value is -2.95. The molecule has 0 saturated carbocycles. The number of nitrogens with zero attached hydrogens (tertiary/aromatic N) is 1. The average Bonchev–Trinajstić information content (AvgIpc) is 2.82. The van der Waals surface area contributed by atoms with Gasteiger partial charge in [0.25, 0.3) is 5.91 Å². The SMILES string of the molecule is CC(=Nc1ccccc1)C1=C(O)C(Cc2cccc(F)c2)NC1=O. The van der Waals surface area contributed by atoms with E-state index in [1.165, 1.54) is 12.1 Å². The molecular formula is C19H17FN2O2. The molecule has 2 aromatic rings. The molecule has 3 rings (SSSR count). The Labute approximate surface area is 139 Å². The molecule has 0 bridgehead atoms. The summed E-state index contributed by atoms with van der Waals surface area (Å²) in [5.74, 6) is -0.769. The highest BCUT2D eigenvalue weighted by Gasteiger charge is 2.33. The predicted octanol–water partition coefficient (Wildman–Crippen LogP) is 3.47. The minimum Gasteiger partial charge on any atom is -0.509 e. The van der Waals surface area contributed by atoms with Crippen LogP contribution in [0.1, 0.15) is 12.5 Å². The van der Waals surface area contributed by atoms with Gasteiger partial charge in [-0.2, -0.15) is 0 Å². The lowest BCUT2D eigenvalue weighted by Crippen LogP contribution is -2.31. The second-order valence-electron chi connectivity index (χ2n) is 5.65. The number of hydrogen-bond acceptors (Lipinski definition) is 3. The van der Waals surface area contributed by atoms with E-state index in [0.29, 0.717) is 23.4 Å². The zero-order valence-electron chi connectivity index (χ0n) is 13.2. The van der Waals surface area contributed by atoms with Crippen LogP contribution >= 0.6 is 0 Å². The Kier molecular flexibility index (Phi) is 4.42.